The molecule has 4 amide bonds. The monoisotopic (exact) mass is 477 g/mol. The van der Waals surface area contributed by atoms with Crippen LogP contribution in [0.25, 0.3) is 0 Å². The molecule has 0 aromatic heterocycles. The summed E-state index contributed by atoms with van der Waals surface area (Å²) >= 11 is 3.99. The van der Waals surface area contributed by atoms with Gasteiger partial charge in [0.05, 0.1) is 6.04 Å². The van der Waals surface area contributed by atoms with Gasteiger partial charge in [-0.2, -0.15) is 12.6 Å². The molecule has 32 heavy (non-hydrogen) atoms. The molecule has 0 radical (unpaired) electrons. The number of thiol groups is 1. The van der Waals surface area contributed by atoms with E-state index in [1.807, 2.05) is 0 Å². The van der Waals surface area contributed by atoms with E-state index in [2.05, 4.69) is 28.6 Å². The van der Waals surface area contributed by atoms with Crippen molar-refractivity contribution in [2.75, 3.05) is 5.75 Å². The Morgan fingerprint density at radius 2 is 1.38 bits per heavy atom. The SMILES string of the molecule is CC(C)C(NC(=O)C(CS)NC(=O)C(CCC(=O)O)NC(=O)C(N)CCC(N)=O)C(=O)O. The van der Waals surface area contributed by atoms with Gasteiger partial charge in [-0.25, -0.2) is 4.79 Å². The Kier molecular flexibility index (Phi) is 13.0. The lowest BCUT2D eigenvalue weighted by Crippen LogP contribution is -2.58. The lowest BCUT2D eigenvalue weighted by Gasteiger charge is -2.25. The maximum absolute atomic E-state index is 12.6. The van der Waals surface area contributed by atoms with Gasteiger partial charge >= 0.3 is 11.9 Å². The smallest absolute Gasteiger partial charge is 0.326 e. The first kappa shape index (κ1) is 29.1. The molecular weight excluding hydrogens is 446 g/mol. The molecule has 0 fully saturated rings. The average molecular weight is 478 g/mol. The van der Waals surface area contributed by atoms with Gasteiger partial charge in [-0.3, -0.25) is 24.0 Å². The van der Waals surface area contributed by atoms with Crippen LogP contribution in [0.5, 0.6) is 0 Å². The first-order valence-electron chi connectivity index (χ1n) is 9.80. The molecule has 0 saturated carbocycles. The molecule has 0 rings (SSSR count). The number of carbonyl (C=O) groups is 6. The number of hydrogen-bond donors (Lipinski definition) is 8. The quantitative estimate of drug-likeness (QED) is 0.117. The Balaban J connectivity index is 5.29. The summed E-state index contributed by atoms with van der Waals surface area (Å²) in [5.74, 6) is -6.28. The van der Waals surface area contributed by atoms with Crippen molar-refractivity contribution >= 4 is 48.2 Å². The highest BCUT2D eigenvalue weighted by molar-refractivity contribution is 7.80. The normalized spacial score (nSPS) is 14.5. The Hall–Kier alpha value is -2.87. The second-order valence-electron chi connectivity index (χ2n) is 7.42. The third-order valence-electron chi connectivity index (χ3n) is 4.36. The molecule has 0 aliphatic heterocycles. The van der Waals surface area contributed by atoms with Crippen LogP contribution in [0, 0.1) is 5.92 Å². The predicted molar refractivity (Wildman–Crippen MR) is 115 cm³/mol. The molecule has 0 aliphatic rings. The highest BCUT2D eigenvalue weighted by Crippen LogP contribution is 2.05. The van der Waals surface area contributed by atoms with E-state index < -0.39 is 72.1 Å². The van der Waals surface area contributed by atoms with E-state index in [9.17, 15) is 33.9 Å². The van der Waals surface area contributed by atoms with Gasteiger partial charge in [0.2, 0.25) is 23.6 Å². The molecule has 0 aliphatic carbocycles. The number of carboxylic acids is 2. The van der Waals surface area contributed by atoms with Gasteiger partial charge in [-0.05, 0) is 18.8 Å². The van der Waals surface area contributed by atoms with Crippen LogP contribution >= 0.6 is 12.6 Å². The highest BCUT2D eigenvalue weighted by Gasteiger charge is 2.31. The summed E-state index contributed by atoms with van der Waals surface area (Å²) in [4.78, 5) is 70.3. The Morgan fingerprint density at radius 1 is 0.844 bits per heavy atom. The molecule has 0 bridgehead atoms. The lowest BCUT2D eigenvalue weighted by molar-refractivity contribution is -0.143. The predicted octanol–water partition coefficient (Wildman–Crippen LogP) is -2.43. The van der Waals surface area contributed by atoms with Gasteiger partial charge < -0.3 is 37.6 Å². The van der Waals surface area contributed by atoms with Gasteiger partial charge in [0.15, 0.2) is 0 Å². The van der Waals surface area contributed by atoms with Crippen molar-refractivity contribution in [1.29, 1.82) is 0 Å². The van der Waals surface area contributed by atoms with Crippen molar-refractivity contribution in [1.82, 2.24) is 16.0 Å². The van der Waals surface area contributed by atoms with E-state index in [1.165, 1.54) is 0 Å². The molecule has 0 aromatic carbocycles. The van der Waals surface area contributed by atoms with Gasteiger partial charge in [0.1, 0.15) is 18.1 Å². The number of rotatable bonds is 15. The van der Waals surface area contributed by atoms with Crippen molar-refractivity contribution < 1.29 is 39.0 Å². The molecule has 0 spiro atoms. The Morgan fingerprint density at radius 3 is 1.81 bits per heavy atom. The standard InChI is InChI=1S/C18H31N5O8S/c1-8(2)14(18(30)31)23-17(29)11(7-32)22-16(28)10(4-6-13(25)26)21-15(27)9(19)3-5-12(20)24/h8-11,14,32H,3-7,19H2,1-2H3,(H2,20,24)(H,21,27)(H,22,28)(H,23,29)(H,25,26)(H,30,31). The summed E-state index contributed by atoms with van der Waals surface area (Å²) in [7, 11) is 0. The van der Waals surface area contributed by atoms with Crippen molar-refractivity contribution in [2.45, 2.75) is 63.7 Å². The van der Waals surface area contributed by atoms with E-state index in [1.54, 1.807) is 13.8 Å². The third kappa shape index (κ3) is 10.9. The molecule has 4 unspecified atom stereocenters. The van der Waals surface area contributed by atoms with Gasteiger partial charge in [0, 0.05) is 18.6 Å². The van der Waals surface area contributed by atoms with Crippen molar-refractivity contribution in [2.24, 2.45) is 17.4 Å². The van der Waals surface area contributed by atoms with Gasteiger partial charge in [-0.1, -0.05) is 13.8 Å². The summed E-state index contributed by atoms with van der Waals surface area (Å²) in [6.07, 6.45) is -1.02. The molecular formula is C18H31N5O8S. The van der Waals surface area contributed by atoms with Crippen LogP contribution in [-0.4, -0.2) is 75.7 Å². The van der Waals surface area contributed by atoms with E-state index >= 15 is 0 Å². The molecule has 0 saturated heterocycles. The second-order valence-corrected chi connectivity index (χ2v) is 7.78. The number of nitrogens with two attached hydrogens (primary N) is 2. The molecule has 9 N–H and O–H groups in total. The van der Waals surface area contributed by atoms with Crippen LogP contribution in [0.15, 0.2) is 0 Å². The largest absolute Gasteiger partial charge is 0.481 e. The first-order chi connectivity index (χ1) is 14.8. The van der Waals surface area contributed by atoms with E-state index in [-0.39, 0.29) is 25.0 Å². The topological polar surface area (TPSA) is 231 Å². The number of carboxylic acid groups (broad SMARTS) is 2. The number of primary amides is 1. The molecule has 14 heteroatoms. The molecule has 0 heterocycles. The Bertz CT molecular complexity index is 717. The summed E-state index contributed by atoms with van der Waals surface area (Å²) in [5.41, 5.74) is 10.7. The fourth-order valence-electron chi connectivity index (χ4n) is 2.48. The molecule has 0 aromatic rings. The zero-order valence-electron chi connectivity index (χ0n) is 17.9. The maximum Gasteiger partial charge on any atom is 0.326 e. The van der Waals surface area contributed by atoms with E-state index in [4.69, 9.17) is 16.6 Å². The Labute approximate surface area is 190 Å². The van der Waals surface area contributed by atoms with Crippen LogP contribution < -0.4 is 27.4 Å². The van der Waals surface area contributed by atoms with E-state index in [0.29, 0.717) is 0 Å². The van der Waals surface area contributed by atoms with Crippen molar-refractivity contribution in [3.63, 3.8) is 0 Å². The summed E-state index contributed by atoms with van der Waals surface area (Å²) in [6, 6.07) is -4.98. The first-order valence-corrected chi connectivity index (χ1v) is 10.4. The van der Waals surface area contributed by atoms with Crippen LogP contribution in [0.1, 0.15) is 39.5 Å². The number of nitrogens with one attached hydrogen (secondary N) is 3. The molecule has 13 nitrogen and oxygen atoms in total. The number of hydrogen-bond acceptors (Lipinski definition) is 8. The number of aliphatic carboxylic acids is 2. The van der Waals surface area contributed by atoms with Crippen LogP contribution in [0.3, 0.4) is 0 Å². The minimum absolute atomic E-state index is 0.0815. The second kappa shape index (κ2) is 14.2. The summed E-state index contributed by atoms with van der Waals surface area (Å²) < 4.78 is 0. The molecule has 4 atom stereocenters. The van der Waals surface area contributed by atoms with Gasteiger partial charge in [-0.15, -0.1) is 0 Å². The zero-order chi connectivity index (χ0) is 25.0. The minimum atomic E-state index is -1.35. The number of carbonyl (C=O) groups excluding carboxylic acids is 4. The number of amides is 4. The van der Waals surface area contributed by atoms with Crippen LogP contribution in [0.2, 0.25) is 0 Å². The van der Waals surface area contributed by atoms with E-state index in [0.717, 1.165) is 0 Å². The average Bonchev–Trinajstić information content (AvgIpc) is 2.69. The molecule has 182 valence electrons. The highest BCUT2D eigenvalue weighted by atomic mass is 32.1. The summed E-state index contributed by atoms with van der Waals surface area (Å²) in [5, 5.41) is 25.0. The summed E-state index contributed by atoms with van der Waals surface area (Å²) in [6.45, 7) is 3.18. The minimum Gasteiger partial charge on any atom is -0.481 e. The third-order valence-corrected chi connectivity index (χ3v) is 4.73. The maximum atomic E-state index is 12.6. The van der Waals surface area contributed by atoms with Crippen molar-refractivity contribution in [3.05, 3.63) is 0 Å². The van der Waals surface area contributed by atoms with Gasteiger partial charge in [0.25, 0.3) is 0 Å². The van der Waals surface area contributed by atoms with Crippen molar-refractivity contribution in [3.8, 4) is 0 Å². The zero-order valence-corrected chi connectivity index (χ0v) is 18.8. The van der Waals surface area contributed by atoms with Crippen LogP contribution in [0.4, 0.5) is 0 Å². The fraction of sp³-hybridized carbons (Fsp3) is 0.667. The fourth-order valence-corrected chi connectivity index (χ4v) is 2.74. The lowest BCUT2D eigenvalue weighted by atomic mass is 10.0. The van der Waals surface area contributed by atoms with Crippen LogP contribution in [-0.2, 0) is 28.8 Å².